The van der Waals surface area contributed by atoms with E-state index in [0.717, 1.165) is 18.9 Å². The number of nitrogens with zero attached hydrogens (tertiary/aromatic N) is 3. The maximum absolute atomic E-state index is 10.7. The van der Waals surface area contributed by atoms with Crippen LogP contribution in [0.5, 0.6) is 0 Å². The van der Waals surface area contributed by atoms with Crippen LogP contribution in [0.25, 0.3) is 0 Å². The van der Waals surface area contributed by atoms with Gasteiger partial charge in [-0.1, -0.05) is 0 Å². The second kappa shape index (κ2) is 3.84. The average molecular weight is 207 g/mol. The minimum Gasteiger partial charge on any atom is -0.476 e. The van der Waals surface area contributed by atoms with Crippen LogP contribution in [0.3, 0.4) is 0 Å². The van der Waals surface area contributed by atoms with Crippen LogP contribution < -0.4 is 4.90 Å². The van der Waals surface area contributed by atoms with Crippen molar-refractivity contribution in [2.24, 2.45) is 0 Å². The summed E-state index contributed by atoms with van der Waals surface area (Å²) in [6.07, 6.45) is 3.66. The maximum Gasteiger partial charge on any atom is 0.356 e. The third-order valence-corrected chi connectivity index (χ3v) is 2.55. The van der Waals surface area contributed by atoms with Crippen LogP contribution in [0.4, 0.5) is 5.82 Å². The molecule has 2 rings (SSSR count). The molecule has 0 atom stereocenters. The second-order valence-electron chi connectivity index (χ2n) is 3.66. The van der Waals surface area contributed by atoms with Gasteiger partial charge < -0.3 is 10.0 Å². The molecule has 0 saturated carbocycles. The maximum atomic E-state index is 10.7. The Morgan fingerprint density at radius 3 is 2.67 bits per heavy atom. The van der Waals surface area contributed by atoms with E-state index < -0.39 is 5.97 Å². The molecule has 0 unspecified atom stereocenters. The Hall–Kier alpha value is -1.65. The molecule has 0 radical (unpaired) electrons. The van der Waals surface area contributed by atoms with Crippen molar-refractivity contribution in [1.82, 2.24) is 9.97 Å². The van der Waals surface area contributed by atoms with E-state index in [1.807, 2.05) is 0 Å². The average Bonchev–Trinajstić information content (AvgIpc) is 2.70. The zero-order valence-corrected chi connectivity index (χ0v) is 8.60. The van der Waals surface area contributed by atoms with Crippen LogP contribution in [0.1, 0.15) is 29.0 Å². The number of carboxylic acid groups (broad SMARTS) is 1. The Kier molecular flexibility index (Phi) is 2.53. The van der Waals surface area contributed by atoms with Crippen molar-refractivity contribution < 1.29 is 9.90 Å². The van der Waals surface area contributed by atoms with Gasteiger partial charge in [-0.2, -0.15) is 0 Å². The lowest BCUT2D eigenvalue weighted by molar-refractivity contribution is 0.0689. The third-order valence-electron chi connectivity index (χ3n) is 2.55. The molecule has 0 amide bonds. The summed E-state index contributed by atoms with van der Waals surface area (Å²) in [5, 5.41) is 8.75. The zero-order chi connectivity index (χ0) is 10.8. The topological polar surface area (TPSA) is 66.3 Å². The normalized spacial score (nSPS) is 15.7. The van der Waals surface area contributed by atoms with Gasteiger partial charge in [0.1, 0.15) is 5.82 Å². The van der Waals surface area contributed by atoms with Gasteiger partial charge in [-0.15, -0.1) is 0 Å². The molecule has 80 valence electrons. The van der Waals surface area contributed by atoms with E-state index in [4.69, 9.17) is 5.11 Å². The molecular weight excluding hydrogens is 194 g/mol. The van der Waals surface area contributed by atoms with Gasteiger partial charge >= 0.3 is 5.97 Å². The molecule has 1 fully saturated rings. The summed E-state index contributed by atoms with van der Waals surface area (Å²) >= 11 is 0. The molecule has 1 N–H and O–H groups in total. The Bertz CT molecular complexity index is 386. The molecule has 1 saturated heterocycles. The van der Waals surface area contributed by atoms with Gasteiger partial charge in [0.05, 0.1) is 11.9 Å². The summed E-state index contributed by atoms with van der Waals surface area (Å²) in [4.78, 5) is 21.0. The van der Waals surface area contributed by atoms with Crippen LogP contribution in [0.15, 0.2) is 6.20 Å². The van der Waals surface area contributed by atoms with Crippen LogP contribution in [-0.2, 0) is 0 Å². The van der Waals surface area contributed by atoms with Crippen molar-refractivity contribution in [1.29, 1.82) is 0 Å². The van der Waals surface area contributed by atoms with Crippen molar-refractivity contribution in [2.75, 3.05) is 18.0 Å². The van der Waals surface area contributed by atoms with Gasteiger partial charge in [-0.05, 0) is 19.8 Å². The van der Waals surface area contributed by atoms with Gasteiger partial charge in [-0.3, -0.25) is 0 Å². The Balaban J connectivity index is 2.29. The third kappa shape index (κ3) is 1.91. The van der Waals surface area contributed by atoms with Gasteiger partial charge in [0, 0.05) is 13.1 Å². The van der Waals surface area contributed by atoms with Gasteiger partial charge in [0.15, 0.2) is 5.69 Å². The number of aromatic nitrogens is 2. The molecule has 5 heteroatoms. The molecule has 5 nitrogen and oxygen atoms in total. The van der Waals surface area contributed by atoms with Gasteiger partial charge in [0.25, 0.3) is 0 Å². The first kappa shape index (κ1) is 9.89. The summed E-state index contributed by atoms with van der Waals surface area (Å²) in [5.41, 5.74) is 0.701. The Morgan fingerprint density at radius 1 is 1.47 bits per heavy atom. The molecule has 2 heterocycles. The molecule has 1 aliphatic heterocycles. The smallest absolute Gasteiger partial charge is 0.356 e. The number of hydrogen-bond acceptors (Lipinski definition) is 4. The lowest BCUT2D eigenvalue weighted by Gasteiger charge is -2.17. The van der Waals surface area contributed by atoms with E-state index in [2.05, 4.69) is 14.9 Å². The summed E-state index contributed by atoms with van der Waals surface area (Å²) < 4.78 is 0. The van der Waals surface area contributed by atoms with E-state index in [9.17, 15) is 4.79 Å². The molecule has 1 aromatic rings. The zero-order valence-electron chi connectivity index (χ0n) is 8.60. The number of aromatic carboxylic acids is 1. The molecule has 0 aliphatic carbocycles. The van der Waals surface area contributed by atoms with E-state index in [1.54, 1.807) is 6.92 Å². The SMILES string of the molecule is Cc1nc(C(=O)O)cnc1N1CCCC1. The summed E-state index contributed by atoms with van der Waals surface area (Å²) in [7, 11) is 0. The van der Waals surface area contributed by atoms with E-state index >= 15 is 0 Å². The van der Waals surface area contributed by atoms with Crippen molar-refractivity contribution in [3.8, 4) is 0 Å². The monoisotopic (exact) mass is 207 g/mol. The lowest BCUT2D eigenvalue weighted by atomic mass is 10.3. The minimum absolute atomic E-state index is 0.00967. The van der Waals surface area contributed by atoms with Crippen molar-refractivity contribution in [3.63, 3.8) is 0 Å². The minimum atomic E-state index is -1.03. The standard InChI is InChI=1S/C10H13N3O2/c1-7-9(13-4-2-3-5-13)11-6-8(12-7)10(14)15/h6H,2-5H2,1H3,(H,14,15). The van der Waals surface area contributed by atoms with Crippen LogP contribution in [0.2, 0.25) is 0 Å². The largest absolute Gasteiger partial charge is 0.476 e. The molecule has 15 heavy (non-hydrogen) atoms. The van der Waals surface area contributed by atoms with Crippen LogP contribution >= 0.6 is 0 Å². The van der Waals surface area contributed by atoms with Gasteiger partial charge in [0.2, 0.25) is 0 Å². The highest BCUT2D eigenvalue weighted by atomic mass is 16.4. The van der Waals surface area contributed by atoms with E-state index in [1.165, 1.54) is 19.0 Å². The van der Waals surface area contributed by atoms with Crippen molar-refractivity contribution >= 4 is 11.8 Å². The summed E-state index contributed by atoms with van der Waals surface area (Å²) in [5.74, 6) is -0.212. The molecule has 0 bridgehead atoms. The molecule has 0 aromatic carbocycles. The fourth-order valence-corrected chi connectivity index (χ4v) is 1.82. The lowest BCUT2D eigenvalue weighted by Crippen LogP contribution is -2.21. The number of anilines is 1. The van der Waals surface area contributed by atoms with Gasteiger partial charge in [-0.25, -0.2) is 14.8 Å². The van der Waals surface area contributed by atoms with E-state index in [0.29, 0.717) is 5.69 Å². The fraction of sp³-hybridized carbons (Fsp3) is 0.500. The predicted molar refractivity (Wildman–Crippen MR) is 55.2 cm³/mol. The first-order valence-corrected chi connectivity index (χ1v) is 5.00. The Morgan fingerprint density at radius 2 is 2.13 bits per heavy atom. The highest BCUT2D eigenvalue weighted by Gasteiger charge is 2.17. The fourth-order valence-electron chi connectivity index (χ4n) is 1.82. The quantitative estimate of drug-likeness (QED) is 0.786. The number of rotatable bonds is 2. The summed E-state index contributed by atoms with van der Waals surface area (Å²) in [6, 6.07) is 0. The van der Waals surface area contributed by atoms with Crippen molar-refractivity contribution in [3.05, 3.63) is 17.6 Å². The number of carboxylic acids is 1. The molecule has 1 aromatic heterocycles. The highest BCUT2D eigenvalue weighted by molar-refractivity contribution is 5.85. The number of hydrogen-bond donors (Lipinski definition) is 1. The molecular formula is C10H13N3O2. The molecule has 1 aliphatic rings. The van der Waals surface area contributed by atoms with Crippen molar-refractivity contribution in [2.45, 2.75) is 19.8 Å². The Labute approximate surface area is 87.8 Å². The second-order valence-corrected chi connectivity index (χ2v) is 3.66. The summed E-state index contributed by atoms with van der Waals surface area (Å²) in [6.45, 7) is 3.77. The van der Waals surface area contributed by atoms with Crippen LogP contribution in [0, 0.1) is 6.92 Å². The van der Waals surface area contributed by atoms with E-state index in [-0.39, 0.29) is 5.69 Å². The highest BCUT2D eigenvalue weighted by Crippen LogP contribution is 2.20. The number of carbonyl (C=O) groups is 1. The first-order chi connectivity index (χ1) is 7.18. The molecule has 0 spiro atoms. The predicted octanol–water partition coefficient (Wildman–Crippen LogP) is 1.08. The first-order valence-electron chi connectivity index (χ1n) is 5.00. The number of aryl methyl sites for hydroxylation is 1. The van der Waals surface area contributed by atoms with Crippen LogP contribution in [-0.4, -0.2) is 34.1 Å².